The SMILES string of the molecule is CC1(CNc2cnc3ccccc3n2)CCC1. The highest BCUT2D eigenvalue weighted by molar-refractivity contribution is 5.75. The summed E-state index contributed by atoms with van der Waals surface area (Å²) in [6.45, 7) is 3.33. The van der Waals surface area contributed by atoms with E-state index in [-0.39, 0.29) is 0 Å². The number of hydrogen-bond donors (Lipinski definition) is 1. The number of benzene rings is 1. The van der Waals surface area contributed by atoms with Crippen LogP contribution in [0.25, 0.3) is 11.0 Å². The van der Waals surface area contributed by atoms with E-state index in [0.29, 0.717) is 5.41 Å². The highest BCUT2D eigenvalue weighted by atomic mass is 15.0. The molecule has 0 saturated heterocycles. The fourth-order valence-electron chi connectivity index (χ4n) is 2.30. The molecule has 0 spiro atoms. The average Bonchev–Trinajstić information content (AvgIpc) is 2.34. The normalized spacial score (nSPS) is 17.7. The molecule has 1 heterocycles. The topological polar surface area (TPSA) is 37.8 Å². The van der Waals surface area contributed by atoms with Crippen LogP contribution in [0.1, 0.15) is 26.2 Å². The second kappa shape index (κ2) is 3.99. The molecule has 0 amide bonds. The zero-order valence-electron chi connectivity index (χ0n) is 10.1. The average molecular weight is 227 g/mol. The van der Waals surface area contributed by atoms with Crippen molar-refractivity contribution >= 4 is 16.9 Å². The fourth-order valence-corrected chi connectivity index (χ4v) is 2.30. The monoisotopic (exact) mass is 227 g/mol. The van der Waals surface area contributed by atoms with E-state index < -0.39 is 0 Å². The van der Waals surface area contributed by atoms with Gasteiger partial charge in [-0.25, -0.2) is 4.98 Å². The van der Waals surface area contributed by atoms with E-state index in [4.69, 9.17) is 0 Å². The molecule has 0 atom stereocenters. The van der Waals surface area contributed by atoms with E-state index in [0.717, 1.165) is 23.4 Å². The summed E-state index contributed by atoms with van der Waals surface area (Å²) in [5, 5.41) is 3.41. The van der Waals surface area contributed by atoms with Gasteiger partial charge < -0.3 is 5.32 Å². The molecule has 3 rings (SSSR count). The van der Waals surface area contributed by atoms with Crippen LogP contribution in [0.15, 0.2) is 30.5 Å². The molecule has 0 aliphatic heterocycles. The molecular formula is C14H17N3. The van der Waals surface area contributed by atoms with Crippen LogP contribution in [0.3, 0.4) is 0 Å². The van der Waals surface area contributed by atoms with E-state index in [1.165, 1.54) is 19.3 Å². The van der Waals surface area contributed by atoms with Crippen molar-refractivity contribution < 1.29 is 0 Å². The van der Waals surface area contributed by atoms with Gasteiger partial charge in [0.05, 0.1) is 17.2 Å². The maximum Gasteiger partial charge on any atom is 0.145 e. The lowest BCUT2D eigenvalue weighted by Crippen LogP contribution is -2.33. The Morgan fingerprint density at radius 3 is 2.71 bits per heavy atom. The number of nitrogens with one attached hydrogen (secondary N) is 1. The van der Waals surface area contributed by atoms with Crippen LogP contribution >= 0.6 is 0 Å². The van der Waals surface area contributed by atoms with Crippen molar-refractivity contribution in [3.05, 3.63) is 30.5 Å². The van der Waals surface area contributed by atoms with Gasteiger partial charge >= 0.3 is 0 Å². The molecule has 1 aromatic heterocycles. The lowest BCUT2D eigenvalue weighted by atomic mass is 9.70. The van der Waals surface area contributed by atoms with Gasteiger partial charge in [-0.15, -0.1) is 0 Å². The minimum atomic E-state index is 0.466. The molecular weight excluding hydrogens is 210 g/mol. The third-order valence-corrected chi connectivity index (χ3v) is 3.71. The maximum absolute atomic E-state index is 4.56. The van der Waals surface area contributed by atoms with E-state index >= 15 is 0 Å². The van der Waals surface area contributed by atoms with Gasteiger partial charge in [-0.05, 0) is 30.4 Å². The van der Waals surface area contributed by atoms with Crippen molar-refractivity contribution in [1.29, 1.82) is 0 Å². The number of rotatable bonds is 3. The maximum atomic E-state index is 4.56. The van der Waals surface area contributed by atoms with Crippen molar-refractivity contribution in [3.8, 4) is 0 Å². The van der Waals surface area contributed by atoms with Crippen molar-refractivity contribution in [2.75, 3.05) is 11.9 Å². The van der Waals surface area contributed by atoms with Crippen LogP contribution in [0.5, 0.6) is 0 Å². The van der Waals surface area contributed by atoms with Crippen LogP contribution in [-0.2, 0) is 0 Å². The summed E-state index contributed by atoms with van der Waals surface area (Å²) in [4.78, 5) is 8.96. The molecule has 1 N–H and O–H groups in total. The minimum absolute atomic E-state index is 0.466. The zero-order chi connectivity index (χ0) is 11.7. The Morgan fingerprint density at radius 1 is 1.24 bits per heavy atom. The Morgan fingerprint density at radius 2 is 2.00 bits per heavy atom. The molecule has 1 aliphatic carbocycles. The first-order valence-electron chi connectivity index (χ1n) is 6.21. The molecule has 88 valence electrons. The molecule has 1 fully saturated rings. The lowest BCUT2D eigenvalue weighted by Gasteiger charge is -2.38. The number of para-hydroxylation sites is 2. The molecule has 3 nitrogen and oxygen atoms in total. The molecule has 1 aliphatic rings. The summed E-state index contributed by atoms with van der Waals surface area (Å²) in [5.74, 6) is 0.886. The molecule has 17 heavy (non-hydrogen) atoms. The number of nitrogens with zero attached hydrogens (tertiary/aromatic N) is 2. The molecule has 1 aromatic carbocycles. The molecule has 0 bridgehead atoms. The Bertz CT molecular complexity index is 532. The predicted molar refractivity (Wildman–Crippen MR) is 70.0 cm³/mol. The fraction of sp³-hybridized carbons (Fsp3) is 0.429. The van der Waals surface area contributed by atoms with Crippen LogP contribution in [0.4, 0.5) is 5.82 Å². The van der Waals surface area contributed by atoms with Crippen LogP contribution in [-0.4, -0.2) is 16.5 Å². The van der Waals surface area contributed by atoms with E-state index in [1.54, 1.807) is 0 Å². The van der Waals surface area contributed by atoms with Crippen molar-refractivity contribution in [1.82, 2.24) is 9.97 Å². The first-order valence-corrected chi connectivity index (χ1v) is 6.21. The Balaban J connectivity index is 1.76. The molecule has 1 saturated carbocycles. The van der Waals surface area contributed by atoms with Gasteiger partial charge in [0.25, 0.3) is 0 Å². The predicted octanol–water partition coefficient (Wildman–Crippen LogP) is 3.23. The summed E-state index contributed by atoms with van der Waals surface area (Å²) in [5.41, 5.74) is 2.37. The van der Waals surface area contributed by atoms with Crippen LogP contribution < -0.4 is 5.32 Å². The summed E-state index contributed by atoms with van der Waals surface area (Å²) < 4.78 is 0. The van der Waals surface area contributed by atoms with Gasteiger partial charge in [0.2, 0.25) is 0 Å². The summed E-state index contributed by atoms with van der Waals surface area (Å²) in [6, 6.07) is 7.96. The Labute approximate surface area is 101 Å². The van der Waals surface area contributed by atoms with Gasteiger partial charge in [0.15, 0.2) is 0 Å². The smallest absolute Gasteiger partial charge is 0.145 e. The van der Waals surface area contributed by atoms with Gasteiger partial charge in [-0.2, -0.15) is 0 Å². The molecule has 0 unspecified atom stereocenters. The summed E-state index contributed by atoms with van der Waals surface area (Å²) in [7, 11) is 0. The largest absolute Gasteiger partial charge is 0.368 e. The molecule has 2 aromatic rings. The first-order chi connectivity index (χ1) is 8.25. The van der Waals surface area contributed by atoms with Crippen LogP contribution in [0, 0.1) is 5.41 Å². The third-order valence-electron chi connectivity index (χ3n) is 3.71. The Hall–Kier alpha value is -1.64. The van der Waals surface area contributed by atoms with E-state index in [2.05, 4.69) is 22.2 Å². The standard InChI is InChI=1S/C14H17N3/c1-14(7-4-8-14)10-16-13-9-15-11-5-2-3-6-12(11)17-13/h2-3,5-6,9H,4,7-8,10H2,1H3,(H,16,17). The van der Waals surface area contributed by atoms with E-state index in [9.17, 15) is 0 Å². The highest BCUT2D eigenvalue weighted by Crippen LogP contribution is 2.40. The second-order valence-corrected chi connectivity index (χ2v) is 5.26. The van der Waals surface area contributed by atoms with Gasteiger partial charge in [-0.1, -0.05) is 25.5 Å². The van der Waals surface area contributed by atoms with Crippen LogP contribution in [0.2, 0.25) is 0 Å². The number of hydrogen-bond acceptors (Lipinski definition) is 3. The summed E-state index contributed by atoms with van der Waals surface area (Å²) in [6.07, 6.45) is 5.83. The minimum Gasteiger partial charge on any atom is -0.368 e. The quantitative estimate of drug-likeness (QED) is 0.874. The van der Waals surface area contributed by atoms with Crippen molar-refractivity contribution in [3.63, 3.8) is 0 Å². The summed E-state index contributed by atoms with van der Waals surface area (Å²) >= 11 is 0. The number of fused-ring (bicyclic) bond motifs is 1. The molecule has 3 heteroatoms. The molecule has 0 radical (unpaired) electrons. The van der Waals surface area contributed by atoms with Crippen molar-refractivity contribution in [2.24, 2.45) is 5.41 Å². The van der Waals surface area contributed by atoms with Gasteiger partial charge in [0, 0.05) is 6.54 Å². The first kappa shape index (κ1) is 10.5. The number of anilines is 1. The third kappa shape index (κ3) is 2.09. The number of aromatic nitrogens is 2. The highest BCUT2D eigenvalue weighted by Gasteiger charge is 2.31. The second-order valence-electron chi connectivity index (χ2n) is 5.26. The lowest BCUT2D eigenvalue weighted by molar-refractivity contribution is 0.180. The van der Waals surface area contributed by atoms with Gasteiger partial charge in [0.1, 0.15) is 5.82 Å². The Kier molecular flexibility index (Phi) is 2.46. The zero-order valence-corrected chi connectivity index (χ0v) is 10.1. The van der Waals surface area contributed by atoms with Crippen molar-refractivity contribution in [2.45, 2.75) is 26.2 Å². The van der Waals surface area contributed by atoms with Gasteiger partial charge in [-0.3, -0.25) is 4.98 Å². The van der Waals surface area contributed by atoms with E-state index in [1.807, 2.05) is 30.5 Å².